The Bertz CT molecular complexity index is 1390. The normalized spacial score (nSPS) is 16.6. The van der Waals surface area contributed by atoms with Gasteiger partial charge in [-0.15, -0.1) is 0 Å². The van der Waals surface area contributed by atoms with Gasteiger partial charge in [0.2, 0.25) is 0 Å². The van der Waals surface area contributed by atoms with Crippen molar-refractivity contribution in [3.8, 4) is 17.2 Å². The summed E-state index contributed by atoms with van der Waals surface area (Å²) in [4.78, 5) is 28.4. The third kappa shape index (κ3) is 5.93. The number of aliphatic hydroxyl groups excluding tert-OH is 1. The van der Waals surface area contributed by atoms with Gasteiger partial charge in [0.15, 0.2) is 0 Å². The number of benzene rings is 3. The molecule has 1 amide bonds. The minimum Gasteiger partial charge on any atom is -0.507 e. The van der Waals surface area contributed by atoms with Crippen LogP contribution < -0.4 is 19.1 Å². The lowest BCUT2D eigenvalue weighted by atomic mass is 9.94. The lowest BCUT2D eigenvalue weighted by Gasteiger charge is -2.26. The van der Waals surface area contributed by atoms with Gasteiger partial charge < -0.3 is 19.3 Å². The Hall–Kier alpha value is -4.26. The quantitative estimate of drug-likeness (QED) is 0.184. The molecule has 204 valence electrons. The van der Waals surface area contributed by atoms with Crippen LogP contribution in [0.5, 0.6) is 17.2 Å². The van der Waals surface area contributed by atoms with E-state index in [-0.39, 0.29) is 11.3 Å². The number of nitrogens with zero attached hydrogens (tertiary/aromatic N) is 1. The van der Waals surface area contributed by atoms with E-state index in [0.29, 0.717) is 53.2 Å². The number of ketones is 1. The van der Waals surface area contributed by atoms with Gasteiger partial charge in [-0.1, -0.05) is 39.0 Å². The molecule has 1 N–H and O–H groups in total. The lowest BCUT2D eigenvalue weighted by molar-refractivity contribution is -0.132. The van der Waals surface area contributed by atoms with Crippen molar-refractivity contribution in [1.29, 1.82) is 0 Å². The summed E-state index contributed by atoms with van der Waals surface area (Å²) in [6.07, 6.45) is 0.836. The van der Waals surface area contributed by atoms with Crippen molar-refractivity contribution in [2.24, 2.45) is 5.92 Å². The molecule has 0 saturated carbocycles. The molecule has 7 nitrogen and oxygen atoms in total. The molecule has 1 heterocycles. The van der Waals surface area contributed by atoms with E-state index in [1.54, 1.807) is 48.5 Å². The molecule has 1 unspecified atom stereocenters. The highest BCUT2D eigenvalue weighted by molar-refractivity contribution is 6.51. The van der Waals surface area contributed by atoms with Crippen LogP contribution in [0.15, 0.2) is 72.3 Å². The van der Waals surface area contributed by atoms with Crippen molar-refractivity contribution in [2.45, 2.75) is 40.2 Å². The van der Waals surface area contributed by atoms with Crippen molar-refractivity contribution in [1.82, 2.24) is 0 Å². The number of Topliss-reactive ketones (excluding diaryl/α,β-unsaturated/α-hetero) is 1. The first-order valence-corrected chi connectivity index (χ1v) is 13.2. The zero-order chi connectivity index (χ0) is 28.1. The Balaban J connectivity index is 1.86. The van der Waals surface area contributed by atoms with E-state index < -0.39 is 17.7 Å². The number of amides is 1. The predicted octanol–water partition coefficient (Wildman–Crippen LogP) is 6.45. The van der Waals surface area contributed by atoms with Gasteiger partial charge >= 0.3 is 0 Å². The first-order valence-electron chi connectivity index (χ1n) is 13.2. The fourth-order valence-electron chi connectivity index (χ4n) is 4.54. The van der Waals surface area contributed by atoms with E-state index in [2.05, 4.69) is 13.8 Å². The highest BCUT2D eigenvalue weighted by Crippen LogP contribution is 2.43. The largest absolute Gasteiger partial charge is 0.507 e. The predicted molar refractivity (Wildman–Crippen MR) is 152 cm³/mol. The first-order chi connectivity index (χ1) is 18.7. The van der Waals surface area contributed by atoms with Crippen molar-refractivity contribution in [3.05, 3.63) is 89.0 Å². The average molecular weight is 530 g/mol. The van der Waals surface area contributed by atoms with Gasteiger partial charge in [-0.05, 0) is 72.9 Å². The standard InChI is InChI=1S/C32H35NO6/c1-6-15-38-26-12-7-9-22(17-26)29-28(30(34)23-13-14-27(21(4)16-23)39-19-20(2)3)31(35)32(36)33(29)24-10-8-11-25(18-24)37-5/h7-14,16-18,20,29,34H,6,15,19H2,1-5H3/b30-28+. The molecule has 1 atom stereocenters. The van der Waals surface area contributed by atoms with Gasteiger partial charge in [-0.3, -0.25) is 14.5 Å². The van der Waals surface area contributed by atoms with Crippen molar-refractivity contribution in [3.63, 3.8) is 0 Å². The zero-order valence-electron chi connectivity index (χ0n) is 23.1. The summed E-state index contributed by atoms with van der Waals surface area (Å²) >= 11 is 0. The molecule has 0 spiro atoms. The number of carbonyl (C=O) groups is 2. The van der Waals surface area contributed by atoms with Crippen LogP contribution in [-0.2, 0) is 9.59 Å². The Kier molecular flexibility index (Phi) is 8.59. The van der Waals surface area contributed by atoms with Crippen LogP contribution in [0, 0.1) is 12.8 Å². The van der Waals surface area contributed by atoms with Crippen LogP contribution in [-0.4, -0.2) is 37.1 Å². The molecule has 1 aliphatic heterocycles. The minimum absolute atomic E-state index is 0.00529. The van der Waals surface area contributed by atoms with Crippen molar-refractivity contribution in [2.75, 3.05) is 25.2 Å². The number of hydrogen-bond donors (Lipinski definition) is 1. The number of methoxy groups -OCH3 is 1. The summed E-state index contributed by atoms with van der Waals surface area (Å²) in [5.41, 5.74) is 2.37. The second-order valence-corrected chi connectivity index (χ2v) is 9.98. The van der Waals surface area contributed by atoms with Gasteiger partial charge in [0, 0.05) is 17.3 Å². The number of rotatable bonds is 10. The van der Waals surface area contributed by atoms with E-state index in [1.165, 1.54) is 12.0 Å². The molecule has 0 radical (unpaired) electrons. The summed E-state index contributed by atoms with van der Waals surface area (Å²) in [5.74, 6) is 0.480. The molecule has 1 fully saturated rings. The van der Waals surface area contributed by atoms with E-state index in [1.807, 2.05) is 32.0 Å². The van der Waals surface area contributed by atoms with E-state index in [4.69, 9.17) is 14.2 Å². The second-order valence-electron chi connectivity index (χ2n) is 9.98. The van der Waals surface area contributed by atoms with Crippen LogP contribution in [0.4, 0.5) is 5.69 Å². The second kappa shape index (κ2) is 12.1. The van der Waals surface area contributed by atoms with Gasteiger partial charge in [0.1, 0.15) is 23.0 Å². The van der Waals surface area contributed by atoms with Crippen molar-refractivity contribution < 1.29 is 28.9 Å². The minimum atomic E-state index is -0.876. The Morgan fingerprint density at radius 1 is 0.974 bits per heavy atom. The summed E-state index contributed by atoms with van der Waals surface area (Å²) in [7, 11) is 1.54. The smallest absolute Gasteiger partial charge is 0.300 e. The molecular weight excluding hydrogens is 494 g/mol. The molecule has 3 aromatic rings. The fraction of sp³-hybridized carbons (Fsp3) is 0.312. The van der Waals surface area contributed by atoms with Crippen LogP contribution in [0.3, 0.4) is 0 Å². The van der Waals surface area contributed by atoms with Gasteiger partial charge in [-0.2, -0.15) is 0 Å². The monoisotopic (exact) mass is 529 g/mol. The number of carbonyl (C=O) groups excluding carboxylic acids is 2. The SMILES string of the molecule is CCCOc1cccc(C2/C(=C(\O)c3ccc(OCC(C)C)c(C)c3)C(=O)C(=O)N2c2cccc(OC)c2)c1. The summed E-state index contributed by atoms with van der Waals surface area (Å²) in [6, 6.07) is 18.6. The third-order valence-electron chi connectivity index (χ3n) is 6.44. The zero-order valence-corrected chi connectivity index (χ0v) is 23.1. The number of anilines is 1. The maximum atomic E-state index is 13.5. The average Bonchev–Trinajstić information content (AvgIpc) is 3.20. The Labute approximate surface area is 229 Å². The van der Waals surface area contributed by atoms with Crippen molar-refractivity contribution >= 4 is 23.1 Å². The first kappa shape index (κ1) is 27.8. The van der Waals surface area contributed by atoms with Crippen LogP contribution in [0.1, 0.15) is 49.9 Å². The maximum Gasteiger partial charge on any atom is 0.300 e. The molecule has 0 bridgehead atoms. The van der Waals surface area contributed by atoms with Crippen LogP contribution in [0.2, 0.25) is 0 Å². The van der Waals surface area contributed by atoms with Crippen LogP contribution >= 0.6 is 0 Å². The highest BCUT2D eigenvalue weighted by Gasteiger charge is 2.47. The number of hydrogen-bond acceptors (Lipinski definition) is 6. The molecule has 3 aromatic carbocycles. The molecule has 1 saturated heterocycles. The highest BCUT2D eigenvalue weighted by atomic mass is 16.5. The third-order valence-corrected chi connectivity index (χ3v) is 6.44. The lowest BCUT2D eigenvalue weighted by Crippen LogP contribution is -2.29. The topological polar surface area (TPSA) is 85.3 Å². The molecular formula is C32H35NO6. The summed E-state index contributed by atoms with van der Waals surface area (Å²) in [5, 5.41) is 11.5. The summed E-state index contributed by atoms with van der Waals surface area (Å²) in [6.45, 7) is 9.13. The Morgan fingerprint density at radius 2 is 1.72 bits per heavy atom. The van der Waals surface area contributed by atoms with E-state index in [0.717, 1.165) is 12.0 Å². The maximum absolute atomic E-state index is 13.5. The summed E-state index contributed by atoms with van der Waals surface area (Å²) < 4.78 is 17.1. The van der Waals surface area contributed by atoms with Gasteiger partial charge in [0.25, 0.3) is 11.7 Å². The number of ether oxygens (including phenoxy) is 3. The number of aliphatic hydroxyl groups is 1. The van der Waals surface area contributed by atoms with E-state index >= 15 is 0 Å². The van der Waals surface area contributed by atoms with E-state index in [9.17, 15) is 14.7 Å². The van der Waals surface area contributed by atoms with Gasteiger partial charge in [-0.25, -0.2) is 0 Å². The fourth-order valence-corrected chi connectivity index (χ4v) is 4.54. The molecule has 7 heteroatoms. The molecule has 1 aliphatic rings. The molecule has 0 aliphatic carbocycles. The number of aryl methyl sites for hydroxylation is 1. The van der Waals surface area contributed by atoms with Gasteiger partial charge in [0.05, 0.1) is 31.9 Å². The molecule has 0 aromatic heterocycles. The molecule has 39 heavy (non-hydrogen) atoms. The Morgan fingerprint density at radius 3 is 2.41 bits per heavy atom. The molecule has 4 rings (SSSR count). The van der Waals surface area contributed by atoms with Crippen LogP contribution in [0.25, 0.3) is 5.76 Å².